The van der Waals surface area contributed by atoms with Crippen LogP contribution in [0.3, 0.4) is 0 Å². The molecule has 2 rings (SSSR count). The fourth-order valence-corrected chi connectivity index (χ4v) is 2.28. The second-order valence-corrected chi connectivity index (χ2v) is 4.68. The molecule has 1 fully saturated rings. The van der Waals surface area contributed by atoms with Crippen LogP contribution in [0.4, 0.5) is 0 Å². The van der Waals surface area contributed by atoms with Crippen LogP contribution >= 0.6 is 0 Å². The van der Waals surface area contributed by atoms with E-state index in [1.54, 1.807) is 7.11 Å². The van der Waals surface area contributed by atoms with E-state index in [9.17, 15) is 0 Å². The summed E-state index contributed by atoms with van der Waals surface area (Å²) in [6, 6.07) is 6.05. The number of ether oxygens (including phenoxy) is 3. The first-order valence-electron chi connectivity index (χ1n) is 6.95. The first-order valence-corrected chi connectivity index (χ1v) is 6.95. The number of benzene rings is 1. The topological polar surface area (TPSA) is 39.7 Å². The van der Waals surface area contributed by atoms with E-state index in [4.69, 9.17) is 14.2 Å². The molecular formula is C15H23ClNO3-. The summed E-state index contributed by atoms with van der Waals surface area (Å²) in [5.41, 5.74) is 1.19. The van der Waals surface area contributed by atoms with Crippen LogP contribution in [0, 0.1) is 0 Å². The zero-order valence-corrected chi connectivity index (χ0v) is 12.9. The molecule has 1 saturated heterocycles. The van der Waals surface area contributed by atoms with E-state index in [-0.39, 0.29) is 12.4 Å². The summed E-state index contributed by atoms with van der Waals surface area (Å²) in [4.78, 5) is 0. The molecule has 0 saturated carbocycles. The van der Waals surface area contributed by atoms with Gasteiger partial charge in [-0.2, -0.15) is 0 Å². The van der Waals surface area contributed by atoms with Crippen LogP contribution in [0.5, 0.6) is 11.5 Å². The van der Waals surface area contributed by atoms with Gasteiger partial charge in [-0.15, -0.1) is 0 Å². The highest BCUT2D eigenvalue weighted by Crippen LogP contribution is 2.27. The van der Waals surface area contributed by atoms with Crippen molar-refractivity contribution in [2.24, 2.45) is 0 Å². The molecular weight excluding hydrogens is 278 g/mol. The first kappa shape index (κ1) is 17.1. The maximum Gasteiger partial charge on any atom is 0.161 e. The van der Waals surface area contributed by atoms with Crippen molar-refractivity contribution in [3.63, 3.8) is 0 Å². The van der Waals surface area contributed by atoms with E-state index in [0.29, 0.717) is 12.7 Å². The SMILES string of the molecule is CCOc1ccc(CNCC2CCCO2)cc1OC.[Cl-]. The van der Waals surface area contributed by atoms with Gasteiger partial charge >= 0.3 is 0 Å². The summed E-state index contributed by atoms with van der Waals surface area (Å²) in [5.74, 6) is 1.59. The number of halogens is 1. The van der Waals surface area contributed by atoms with Crippen LogP contribution in [-0.2, 0) is 11.3 Å². The predicted octanol–water partition coefficient (Wildman–Crippen LogP) is -0.633. The zero-order valence-electron chi connectivity index (χ0n) is 12.2. The van der Waals surface area contributed by atoms with Crippen LogP contribution in [0.2, 0.25) is 0 Å². The summed E-state index contributed by atoms with van der Waals surface area (Å²) in [7, 11) is 1.67. The lowest BCUT2D eigenvalue weighted by molar-refractivity contribution is -0.00000603. The predicted molar refractivity (Wildman–Crippen MR) is 74.8 cm³/mol. The molecule has 0 aliphatic carbocycles. The number of hydrogen-bond donors (Lipinski definition) is 1. The van der Waals surface area contributed by atoms with Crippen molar-refractivity contribution >= 4 is 0 Å². The molecule has 4 nitrogen and oxygen atoms in total. The second-order valence-electron chi connectivity index (χ2n) is 4.68. The summed E-state index contributed by atoms with van der Waals surface area (Å²) >= 11 is 0. The summed E-state index contributed by atoms with van der Waals surface area (Å²) in [6.45, 7) is 5.25. The Kier molecular flexibility index (Phi) is 7.73. The van der Waals surface area contributed by atoms with Crippen molar-refractivity contribution in [2.75, 3.05) is 26.9 Å². The van der Waals surface area contributed by atoms with E-state index in [1.807, 2.05) is 19.1 Å². The average Bonchev–Trinajstić information content (AvgIpc) is 2.94. The van der Waals surface area contributed by atoms with E-state index < -0.39 is 0 Å². The molecule has 1 aromatic rings. The molecule has 0 spiro atoms. The van der Waals surface area contributed by atoms with E-state index >= 15 is 0 Å². The molecule has 1 aliphatic rings. The highest BCUT2D eigenvalue weighted by atomic mass is 35.5. The first-order chi connectivity index (χ1) is 9.33. The van der Waals surface area contributed by atoms with Gasteiger partial charge in [0.15, 0.2) is 11.5 Å². The van der Waals surface area contributed by atoms with E-state index in [0.717, 1.165) is 31.2 Å². The van der Waals surface area contributed by atoms with Gasteiger partial charge in [0.05, 0.1) is 19.8 Å². The molecule has 5 heteroatoms. The van der Waals surface area contributed by atoms with Crippen molar-refractivity contribution in [1.82, 2.24) is 5.32 Å². The lowest BCUT2D eigenvalue weighted by Gasteiger charge is -2.13. The van der Waals surface area contributed by atoms with Crippen molar-refractivity contribution in [3.8, 4) is 11.5 Å². The second kappa shape index (κ2) is 9.06. The highest BCUT2D eigenvalue weighted by molar-refractivity contribution is 5.42. The standard InChI is InChI=1S/C15H23NO3.ClH/c1-3-18-14-7-6-12(9-15(14)17-2)10-16-11-13-5-4-8-19-13;/h6-7,9,13,16H,3-5,8,10-11H2,1-2H3;1H/p-1. The van der Waals surface area contributed by atoms with E-state index in [2.05, 4.69) is 11.4 Å². The minimum atomic E-state index is 0. The van der Waals surface area contributed by atoms with Crippen LogP contribution < -0.4 is 27.2 Å². The molecule has 0 bridgehead atoms. The molecule has 0 radical (unpaired) electrons. The van der Waals surface area contributed by atoms with Gasteiger partial charge in [-0.05, 0) is 37.5 Å². The van der Waals surface area contributed by atoms with E-state index in [1.165, 1.54) is 18.4 Å². The number of nitrogens with one attached hydrogen (secondary N) is 1. The third-order valence-electron chi connectivity index (χ3n) is 3.25. The molecule has 0 amide bonds. The van der Waals surface area contributed by atoms with Gasteiger partial charge in [0, 0.05) is 19.7 Å². The average molecular weight is 301 g/mol. The van der Waals surface area contributed by atoms with Gasteiger partial charge in [-0.1, -0.05) is 6.07 Å². The van der Waals surface area contributed by atoms with Crippen LogP contribution in [-0.4, -0.2) is 33.0 Å². The molecule has 0 aromatic heterocycles. The Morgan fingerprint density at radius 3 is 2.85 bits per heavy atom. The highest BCUT2D eigenvalue weighted by Gasteiger charge is 2.14. The Balaban J connectivity index is 0.00000200. The normalized spacial score (nSPS) is 17.6. The Morgan fingerprint density at radius 1 is 1.35 bits per heavy atom. The zero-order chi connectivity index (χ0) is 13.5. The lowest BCUT2D eigenvalue weighted by Crippen LogP contribution is -3.00. The smallest absolute Gasteiger partial charge is 0.161 e. The Morgan fingerprint density at radius 2 is 2.20 bits per heavy atom. The summed E-state index contributed by atoms with van der Waals surface area (Å²) in [5, 5.41) is 3.43. The van der Waals surface area contributed by atoms with Crippen LogP contribution in [0.15, 0.2) is 18.2 Å². The minimum Gasteiger partial charge on any atom is -1.00 e. The lowest BCUT2D eigenvalue weighted by atomic mass is 10.2. The van der Waals surface area contributed by atoms with Gasteiger partial charge in [0.25, 0.3) is 0 Å². The van der Waals surface area contributed by atoms with Gasteiger partial charge in [0.2, 0.25) is 0 Å². The monoisotopic (exact) mass is 300 g/mol. The van der Waals surface area contributed by atoms with Gasteiger partial charge in [0.1, 0.15) is 0 Å². The fraction of sp³-hybridized carbons (Fsp3) is 0.600. The summed E-state index contributed by atoms with van der Waals surface area (Å²) in [6.07, 6.45) is 2.73. The van der Waals surface area contributed by atoms with Crippen LogP contribution in [0.1, 0.15) is 25.3 Å². The molecule has 114 valence electrons. The molecule has 1 aliphatic heterocycles. The van der Waals surface area contributed by atoms with Crippen LogP contribution in [0.25, 0.3) is 0 Å². The molecule has 1 N–H and O–H groups in total. The Bertz CT molecular complexity index is 395. The number of hydrogen-bond acceptors (Lipinski definition) is 4. The quantitative estimate of drug-likeness (QED) is 0.728. The Hall–Kier alpha value is -0.970. The maximum absolute atomic E-state index is 5.58. The maximum atomic E-state index is 5.58. The van der Waals surface area contributed by atoms with Crippen molar-refractivity contribution in [1.29, 1.82) is 0 Å². The van der Waals surface area contributed by atoms with Crippen molar-refractivity contribution in [3.05, 3.63) is 23.8 Å². The summed E-state index contributed by atoms with van der Waals surface area (Å²) < 4.78 is 16.4. The minimum absolute atomic E-state index is 0. The van der Waals surface area contributed by atoms with Gasteiger partial charge < -0.3 is 31.9 Å². The van der Waals surface area contributed by atoms with Gasteiger partial charge in [-0.25, -0.2) is 0 Å². The van der Waals surface area contributed by atoms with Gasteiger partial charge in [-0.3, -0.25) is 0 Å². The number of methoxy groups -OCH3 is 1. The number of rotatable bonds is 7. The third kappa shape index (κ3) is 4.85. The fourth-order valence-electron chi connectivity index (χ4n) is 2.28. The van der Waals surface area contributed by atoms with Crippen molar-refractivity contribution in [2.45, 2.75) is 32.4 Å². The molecule has 1 aromatic carbocycles. The Labute approximate surface area is 127 Å². The molecule has 1 heterocycles. The third-order valence-corrected chi connectivity index (χ3v) is 3.25. The molecule has 1 unspecified atom stereocenters. The largest absolute Gasteiger partial charge is 1.00 e. The molecule has 20 heavy (non-hydrogen) atoms. The van der Waals surface area contributed by atoms with Crippen molar-refractivity contribution < 1.29 is 26.6 Å². The molecule has 1 atom stereocenters.